The molecule has 0 fully saturated rings. The van der Waals surface area contributed by atoms with E-state index >= 15 is 0 Å². The minimum Gasteiger partial charge on any atom is -0.497 e. The van der Waals surface area contributed by atoms with Gasteiger partial charge in [-0.2, -0.15) is 0 Å². The third-order valence-corrected chi connectivity index (χ3v) is 7.61. The maximum absolute atomic E-state index is 13.7. The molecule has 0 bridgehead atoms. The standard InChI is InChI=1S/C26H26Cl2N2O3S/c1-16(2)30(26(32)17-5-4-6-19(13-17)33-3)15-24(31)29-11-9-23-21(10-12-34-23)25(29)20-8-7-18(27)14-22(20)28/h4-8,10,12-14,16,25H,9,11,15H2,1-3H3/t25-/m1/s1. The second-order valence-corrected chi connectivity index (χ2v) is 10.3. The first-order chi connectivity index (χ1) is 16.3. The Kier molecular flexibility index (Phi) is 7.51. The molecule has 178 valence electrons. The molecule has 5 nitrogen and oxygen atoms in total. The van der Waals surface area contributed by atoms with E-state index in [-0.39, 0.29) is 30.4 Å². The lowest BCUT2D eigenvalue weighted by Crippen LogP contribution is -2.48. The Hall–Kier alpha value is -2.54. The minimum atomic E-state index is -0.326. The summed E-state index contributed by atoms with van der Waals surface area (Å²) >= 11 is 14.4. The molecule has 4 rings (SSSR count). The summed E-state index contributed by atoms with van der Waals surface area (Å²) in [6, 6.07) is 13.9. The Bertz CT molecular complexity index is 1210. The Morgan fingerprint density at radius 3 is 2.65 bits per heavy atom. The van der Waals surface area contributed by atoms with Gasteiger partial charge in [-0.15, -0.1) is 11.3 Å². The van der Waals surface area contributed by atoms with Gasteiger partial charge in [0.15, 0.2) is 0 Å². The smallest absolute Gasteiger partial charge is 0.254 e. The maximum atomic E-state index is 13.7. The fourth-order valence-corrected chi connectivity index (χ4v) is 5.71. The number of ether oxygens (including phenoxy) is 1. The van der Waals surface area contributed by atoms with Crippen molar-refractivity contribution in [3.63, 3.8) is 0 Å². The highest BCUT2D eigenvalue weighted by Crippen LogP contribution is 2.41. The number of carbonyl (C=O) groups is 2. The molecule has 3 aromatic rings. The summed E-state index contributed by atoms with van der Waals surface area (Å²) in [4.78, 5) is 31.7. The summed E-state index contributed by atoms with van der Waals surface area (Å²) in [5, 5.41) is 3.10. The first-order valence-electron chi connectivity index (χ1n) is 11.1. The number of rotatable bonds is 6. The number of thiophene rings is 1. The first kappa shape index (κ1) is 24.6. The molecule has 1 aliphatic heterocycles. The quantitative estimate of drug-likeness (QED) is 0.398. The van der Waals surface area contributed by atoms with Crippen LogP contribution in [-0.2, 0) is 11.2 Å². The molecule has 0 radical (unpaired) electrons. The molecule has 2 aromatic carbocycles. The average Bonchev–Trinajstić information content (AvgIpc) is 3.30. The number of benzene rings is 2. The van der Waals surface area contributed by atoms with E-state index in [2.05, 4.69) is 6.07 Å². The zero-order valence-corrected chi connectivity index (χ0v) is 21.6. The fourth-order valence-electron chi connectivity index (χ4n) is 4.29. The Balaban J connectivity index is 1.65. The highest BCUT2D eigenvalue weighted by atomic mass is 35.5. The van der Waals surface area contributed by atoms with Crippen molar-refractivity contribution < 1.29 is 14.3 Å². The molecule has 2 heterocycles. The van der Waals surface area contributed by atoms with Gasteiger partial charge in [0.2, 0.25) is 5.91 Å². The second kappa shape index (κ2) is 10.4. The molecule has 1 atom stereocenters. The van der Waals surface area contributed by atoms with E-state index < -0.39 is 0 Å². The largest absolute Gasteiger partial charge is 0.497 e. The first-order valence-corrected chi connectivity index (χ1v) is 12.7. The molecule has 0 unspecified atom stereocenters. The van der Waals surface area contributed by atoms with Crippen LogP contribution in [0.15, 0.2) is 53.9 Å². The summed E-state index contributed by atoms with van der Waals surface area (Å²) in [6.45, 7) is 4.34. The van der Waals surface area contributed by atoms with Crippen LogP contribution in [0.2, 0.25) is 10.0 Å². The minimum absolute atomic E-state index is 0.0328. The normalized spacial score (nSPS) is 15.2. The van der Waals surface area contributed by atoms with Crippen LogP contribution in [0, 0.1) is 0 Å². The van der Waals surface area contributed by atoms with Gasteiger partial charge in [0.05, 0.1) is 13.2 Å². The molecular weight excluding hydrogens is 491 g/mol. The van der Waals surface area contributed by atoms with Gasteiger partial charge in [-0.05, 0) is 73.2 Å². The van der Waals surface area contributed by atoms with Gasteiger partial charge in [-0.1, -0.05) is 35.3 Å². The Morgan fingerprint density at radius 2 is 1.94 bits per heavy atom. The molecule has 0 saturated heterocycles. The topological polar surface area (TPSA) is 49.9 Å². The van der Waals surface area contributed by atoms with Gasteiger partial charge in [-0.25, -0.2) is 0 Å². The van der Waals surface area contributed by atoms with Crippen LogP contribution >= 0.6 is 34.5 Å². The molecule has 0 saturated carbocycles. The van der Waals surface area contributed by atoms with Gasteiger partial charge in [-0.3, -0.25) is 9.59 Å². The van der Waals surface area contributed by atoms with Gasteiger partial charge < -0.3 is 14.5 Å². The molecule has 8 heteroatoms. The van der Waals surface area contributed by atoms with E-state index in [9.17, 15) is 9.59 Å². The van der Waals surface area contributed by atoms with E-state index in [4.69, 9.17) is 27.9 Å². The lowest BCUT2D eigenvalue weighted by Gasteiger charge is -2.38. The van der Waals surface area contributed by atoms with Crippen molar-refractivity contribution in [1.29, 1.82) is 0 Å². The van der Waals surface area contributed by atoms with Crippen molar-refractivity contribution in [3.8, 4) is 5.75 Å². The van der Waals surface area contributed by atoms with E-state index in [1.54, 1.807) is 59.7 Å². The zero-order chi connectivity index (χ0) is 24.4. The summed E-state index contributed by atoms with van der Waals surface area (Å²) in [6.07, 6.45) is 0.770. The third-order valence-electron chi connectivity index (χ3n) is 6.05. The number of halogens is 2. The molecule has 34 heavy (non-hydrogen) atoms. The van der Waals surface area contributed by atoms with Crippen LogP contribution in [0.5, 0.6) is 5.75 Å². The van der Waals surface area contributed by atoms with Crippen molar-refractivity contribution in [2.75, 3.05) is 20.2 Å². The summed E-state index contributed by atoms with van der Waals surface area (Å²) < 4.78 is 5.26. The van der Waals surface area contributed by atoms with E-state index in [0.29, 0.717) is 27.9 Å². The Morgan fingerprint density at radius 1 is 1.15 bits per heavy atom. The van der Waals surface area contributed by atoms with Crippen LogP contribution in [0.1, 0.15) is 46.3 Å². The average molecular weight is 517 g/mol. The number of amides is 2. The SMILES string of the molecule is COc1cccc(C(=O)N(CC(=O)N2CCc3sccc3[C@H]2c2ccc(Cl)cc2Cl)C(C)C)c1. The van der Waals surface area contributed by atoms with Crippen LogP contribution in [-0.4, -0.2) is 47.9 Å². The second-order valence-electron chi connectivity index (χ2n) is 8.46. The summed E-state index contributed by atoms with van der Waals surface area (Å²) in [7, 11) is 1.56. The molecule has 0 aliphatic carbocycles. The number of hydrogen-bond acceptors (Lipinski definition) is 4. The fraction of sp³-hybridized carbons (Fsp3) is 0.308. The highest BCUT2D eigenvalue weighted by molar-refractivity contribution is 7.10. The number of nitrogens with zero attached hydrogens (tertiary/aromatic N) is 2. The predicted octanol–water partition coefficient (Wildman–Crippen LogP) is 6.09. The van der Waals surface area contributed by atoms with Crippen LogP contribution in [0.4, 0.5) is 0 Å². The molecule has 0 N–H and O–H groups in total. The van der Waals surface area contributed by atoms with Crippen molar-refractivity contribution in [3.05, 3.63) is 85.5 Å². The Labute approximate surface area is 213 Å². The van der Waals surface area contributed by atoms with Crippen molar-refractivity contribution in [2.24, 2.45) is 0 Å². The zero-order valence-electron chi connectivity index (χ0n) is 19.3. The molecule has 2 amide bonds. The van der Waals surface area contributed by atoms with Gasteiger partial charge in [0.1, 0.15) is 12.3 Å². The predicted molar refractivity (Wildman–Crippen MR) is 137 cm³/mol. The van der Waals surface area contributed by atoms with Gasteiger partial charge in [0, 0.05) is 33.1 Å². The van der Waals surface area contributed by atoms with Gasteiger partial charge >= 0.3 is 0 Å². The van der Waals surface area contributed by atoms with Crippen LogP contribution in [0.3, 0.4) is 0 Å². The van der Waals surface area contributed by atoms with Crippen molar-refractivity contribution >= 4 is 46.4 Å². The van der Waals surface area contributed by atoms with Gasteiger partial charge in [0.25, 0.3) is 5.91 Å². The molecule has 1 aromatic heterocycles. The van der Waals surface area contributed by atoms with Crippen LogP contribution in [0.25, 0.3) is 0 Å². The van der Waals surface area contributed by atoms with E-state index in [1.807, 2.05) is 30.2 Å². The lowest BCUT2D eigenvalue weighted by atomic mass is 9.93. The highest BCUT2D eigenvalue weighted by Gasteiger charge is 2.35. The van der Waals surface area contributed by atoms with Crippen molar-refractivity contribution in [1.82, 2.24) is 9.80 Å². The van der Waals surface area contributed by atoms with E-state index in [0.717, 1.165) is 17.5 Å². The third kappa shape index (κ3) is 4.95. The summed E-state index contributed by atoms with van der Waals surface area (Å²) in [5.41, 5.74) is 2.38. The molecule has 0 spiro atoms. The monoisotopic (exact) mass is 516 g/mol. The number of carbonyl (C=O) groups excluding carboxylic acids is 2. The number of fused-ring (bicyclic) bond motifs is 1. The summed E-state index contributed by atoms with van der Waals surface area (Å²) in [5.74, 6) is 0.258. The van der Waals surface area contributed by atoms with Crippen LogP contribution < -0.4 is 4.74 Å². The molecule has 1 aliphatic rings. The molecular formula is C26H26Cl2N2O3S. The van der Waals surface area contributed by atoms with Crippen molar-refractivity contribution in [2.45, 2.75) is 32.4 Å². The lowest BCUT2D eigenvalue weighted by molar-refractivity contribution is -0.134. The number of hydrogen-bond donors (Lipinski definition) is 0. The number of methoxy groups -OCH3 is 1. The maximum Gasteiger partial charge on any atom is 0.254 e. The van der Waals surface area contributed by atoms with E-state index in [1.165, 1.54) is 4.88 Å².